The van der Waals surface area contributed by atoms with Crippen LogP contribution < -0.4 is 5.32 Å². The number of nitrogens with zero attached hydrogens (tertiary/aromatic N) is 2. The van der Waals surface area contributed by atoms with Crippen LogP contribution in [0.5, 0.6) is 0 Å². The van der Waals surface area contributed by atoms with Crippen molar-refractivity contribution >= 4 is 17.7 Å². The molecule has 0 aromatic carbocycles. The van der Waals surface area contributed by atoms with Crippen LogP contribution >= 0.6 is 0 Å². The van der Waals surface area contributed by atoms with Crippen LogP contribution in [0.2, 0.25) is 0 Å². The Kier molecular flexibility index (Phi) is 4.85. The molecule has 0 saturated heterocycles. The second-order valence-corrected chi connectivity index (χ2v) is 4.08. The topological polar surface area (TPSA) is 87.3 Å². The fourth-order valence-electron chi connectivity index (χ4n) is 1.43. The van der Waals surface area contributed by atoms with Crippen LogP contribution in [0.3, 0.4) is 0 Å². The number of aryl methyl sites for hydroxylation is 1. The second-order valence-electron chi connectivity index (χ2n) is 4.08. The fraction of sp³-hybridized carbons (Fsp3) is 0.545. The lowest BCUT2D eigenvalue weighted by atomic mass is 10.2. The van der Waals surface area contributed by atoms with Crippen molar-refractivity contribution in [1.29, 1.82) is 0 Å². The average Bonchev–Trinajstić information content (AvgIpc) is 2.58. The first kappa shape index (κ1) is 14.2. The van der Waals surface area contributed by atoms with Crippen molar-refractivity contribution in [2.45, 2.75) is 13.8 Å². The van der Waals surface area contributed by atoms with E-state index in [1.807, 2.05) is 0 Å². The third-order valence-corrected chi connectivity index (χ3v) is 2.14. The van der Waals surface area contributed by atoms with E-state index in [-0.39, 0.29) is 30.4 Å². The molecule has 2 N–H and O–H groups in total. The summed E-state index contributed by atoms with van der Waals surface area (Å²) < 4.78 is 4.91. The Bertz CT molecular complexity index is 439. The molecule has 0 aliphatic heterocycles. The lowest BCUT2D eigenvalue weighted by Crippen LogP contribution is -2.28. The number of esters is 1. The normalized spacial score (nSPS) is 10.5. The van der Waals surface area contributed by atoms with Gasteiger partial charge in [-0.2, -0.15) is 5.10 Å². The van der Waals surface area contributed by atoms with Gasteiger partial charge in [-0.15, -0.1) is 0 Å². The van der Waals surface area contributed by atoms with Gasteiger partial charge in [-0.3, -0.25) is 9.89 Å². The molecule has 0 bridgehead atoms. The number of rotatable bonds is 5. The number of carbonyl (C=O) groups is 2. The van der Waals surface area contributed by atoms with Gasteiger partial charge >= 0.3 is 5.97 Å². The highest BCUT2D eigenvalue weighted by Gasteiger charge is 2.20. The zero-order chi connectivity index (χ0) is 13.7. The van der Waals surface area contributed by atoms with Crippen molar-refractivity contribution in [3.63, 3.8) is 0 Å². The Morgan fingerprint density at radius 3 is 2.67 bits per heavy atom. The van der Waals surface area contributed by atoms with Crippen molar-refractivity contribution in [2.75, 3.05) is 32.6 Å². The molecule has 100 valence electrons. The number of nitrogens with one attached hydrogen (secondary N) is 2. The van der Waals surface area contributed by atoms with Gasteiger partial charge in [0.15, 0.2) is 5.82 Å². The number of aromatic nitrogens is 2. The third kappa shape index (κ3) is 3.56. The summed E-state index contributed by atoms with van der Waals surface area (Å²) in [4.78, 5) is 25.0. The number of hydrogen-bond acceptors (Lipinski definition) is 5. The van der Waals surface area contributed by atoms with Gasteiger partial charge in [0.05, 0.1) is 13.2 Å². The first-order valence-electron chi connectivity index (χ1n) is 5.62. The van der Waals surface area contributed by atoms with E-state index in [2.05, 4.69) is 15.5 Å². The smallest absolute Gasteiger partial charge is 0.343 e. The molecule has 0 aliphatic rings. The molecule has 1 rings (SSSR count). The summed E-state index contributed by atoms with van der Waals surface area (Å²) in [5.74, 6) is -0.529. The summed E-state index contributed by atoms with van der Waals surface area (Å²) in [5, 5.41) is 9.12. The highest BCUT2D eigenvalue weighted by molar-refractivity contribution is 6.01. The summed E-state index contributed by atoms with van der Waals surface area (Å²) in [5.41, 5.74) is 0.831. The summed E-state index contributed by atoms with van der Waals surface area (Å²) >= 11 is 0. The van der Waals surface area contributed by atoms with E-state index in [9.17, 15) is 9.59 Å². The minimum atomic E-state index is -0.496. The van der Waals surface area contributed by atoms with Crippen LogP contribution in [0.25, 0.3) is 0 Å². The Morgan fingerprint density at radius 1 is 1.44 bits per heavy atom. The Labute approximate surface area is 105 Å². The molecule has 1 aromatic heterocycles. The maximum absolute atomic E-state index is 11.7. The standard InChI is InChI=1S/C11H18N4O3/c1-5-18-11(17)9-7(2)13-14-10(9)12-8(16)6-15(3)4/h5-6H2,1-4H3,(H2,12,13,14,16). The van der Waals surface area contributed by atoms with E-state index in [0.717, 1.165) is 0 Å². The summed E-state index contributed by atoms with van der Waals surface area (Å²) in [6.45, 7) is 3.90. The molecule has 7 heteroatoms. The van der Waals surface area contributed by atoms with Crippen LogP contribution in [-0.2, 0) is 9.53 Å². The number of carbonyl (C=O) groups excluding carboxylic acids is 2. The van der Waals surface area contributed by atoms with Crippen molar-refractivity contribution in [1.82, 2.24) is 15.1 Å². The van der Waals surface area contributed by atoms with E-state index in [1.165, 1.54) is 0 Å². The van der Waals surface area contributed by atoms with Gasteiger partial charge in [-0.25, -0.2) is 4.79 Å². The lowest BCUT2D eigenvalue weighted by Gasteiger charge is -2.09. The van der Waals surface area contributed by atoms with Gasteiger partial charge < -0.3 is 15.0 Å². The van der Waals surface area contributed by atoms with Gasteiger partial charge in [-0.05, 0) is 27.9 Å². The molecule has 0 aliphatic carbocycles. The number of aromatic amines is 1. The lowest BCUT2D eigenvalue weighted by molar-refractivity contribution is -0.116. The first-order valence-corrected chi connectivity index (χ1v) is 5.62. The zero-order valence-corrected chi connectivity index (χ0v) is 11.0. The van der Waals surface area contributed by atoms with Crippen LogP contribution in [0, 0.1) is 6.92 Å². The molecule has 0 atom stereocenters. The van der Waals surface area contributed by atoms with Crippen LogP contribution in [0.4, 0.5) is 5.82 Å². The monoisotopic (exact) mass is 254 g/mol. The summed E-state index contributed by atoms with van der Waals surface area (Å²) in [6.07, 6.45) is 0. The van der Waals surface area contributed by atoms with Crippen molar-refractivity contribution < 1.29 is 14.3 Å². The van der Waals surface area contributed by atoms with Crippen molar-refractivity contribution in [3.05, 3.63) is 11.3 Å². The Balaban J connectivity index is 2.83. The largest absolute Gasteiger partial charge is 0.462 e. The molecule has 1 heterocycles. The van der Waals surface area contributed by atoms with Gasteiger partial charge in [0.2, 0.25) is 5.91 Å². The molecule has 0 spiro atoms. The van der Waals surface area contributed by atoms with Gasteiger partial charge in [-0.1, -0.05) is 0 Å². The molecular weight excluding hydrogens is 236 g/mol. The van der Waals surface area contributed by atoms with E-state index in [1.54, 1.807) is 32.8 Å². The van der Waals surface area contributed by atoms with Gasteiger partial charge in [0.1, 0.15) is 5.56 Å². The average molecular weight is 254 g/mol. The first-order chi connectivity index (χ1) is 8.45. The molecule has 18 heavy (non-hydrogen) atoms. The second kappa shape index (κ2) is 6.15. The molecule has 0 unspecified atom stereocenters. The quantitative estimate of drug-likeness (QED) is 0.742. The minimum Gasteiger partial charge on any atom is -0.462 e. The van der Waals surface area contributed by atoms with Crippen LogP contribution in [0.1, 0.15) is 23.0 Å². The number of hydrogen-bond donors (Lipinski definition) is 2. The maximum atomic E-state index is 11.7. The zero-order valence-electron chi connectivity index (χ0n) is 11.0. The van der Waals surface area contributed by atoms with E-state index in [4.69, 9.17) is 4.74 Å². The van der Waals surface area contributed by atoms with E-state index < -0.39 is 5.97 Å². The van der Waals surface area contributed by atoms with Gasteiger partial charge in [0.25, 0.3) is 0 Å². The van der Waals surface area contributed by atoms with Crippen molar-refractivity contribution in [2.24, 2.45) is 0 Å². The molecule has 1 amide bonds. The number of likely N-dealkylation sites (N-methyl/N-ethyl adjacent to an activating group) is 1. The third-order valence-electron chi connectivity index (χ3n) is 2.14. The maximum Gasteiger partial charge on any atom is 0.343 e. The van der Waals surface area contributed by atoms with Crippen molar-refractivity contribution in [3.8, 4) is 0 Å². The number of amides is 1. The highest BCUT2D eigenvalue weighted by Crippen LogP contribution is 2.17. The molecule has 0 fully saturated rings. The van der Waals surface area contributed by atoms with E-state index >= 15 is 0 Å². The molecule has 7 nitrogen and oxygen atoms in total. The van der Waals surface area contributed by atoms with Crippen LogP contribution in [0.15, 0.2) is 0 Å². The Morgan fingerprint density at radius 2 is 2.11 bits per heavy atom. The Hall–Kier alpha value is -1.89. The number of H-pyrrole nitrogens is 1. The predicted molar refractivity (Wildman–Crippen MR) is 66.5 cm³/mol. The molecular formula is C11H18N4O3. The predicted octanol–water partition coefficient (Wildman–Crippen LogP) is 0.395. The number of ether oxygens (including phenoxy) is 1. The highest BCUT2D eigenvalue weighted by atomic mass is 16.5. The molecule has 0 radical (unpaired) electrons. The summed E-state index contributed by atoms with van der Waals surface area (Å²) in [7, 11) is 3.56. The molecule has 1 aromatic rings. The van der Waals surface area contributed by atoms with Gasteiger partial charge in [0, 0.05) is 5.69 Å². The van der Waals surface area contributed by atoms with Crippen LogP contribution in [-0.4, -0.2) is 54.2 Å². The number of anilines is 1. The minimum absolute atomic E-state index is 0.206. The van der Waals surface area contributed by atoms with E-state index in [0.29, 0.717) is 5.69 Å². The SMILES string of the molecule is CCOC(=O)c1c(NC(=O)CN(C)C)n[nH]c1C. The molecule has 0 saturated carbocycles. The summed E-state index contributed by atoms with van der Waals surface area (Å²) in [6, 6.07) is 0. The fourth-order valence-corrected chi connectivity index (χ4v) is 1.43.